The molecule has 0 N–H and O–H groups in total. The Morgan fingerprint density at radius 1 is 1.22 bits per heavy atom. The predicted octanol–water partition coefficient (Wildman–Crippen LogP) is 2.62. The SMILES string of the molecule is CN(Cc1cnn(-c2ccccc2)c1)C(=O)C1CC(=O)N(C2CCCC2)C1. The van der Waals surface area contributed by atoms with Crippen molar-refractivity contribution in [2.24, 2.45) is 5.92 Å². The molecular weight excluding hydrogens is 340 g/mol. The summed E-state index contributed by atoms with van der Waals surface area (Å²) in [5.74, 6) is -0.0193. The van der Waals surface area contributed by atoms with Gasteiger partial charge in [0, 0.05) is 44.4 Å². The maximum absolute atomic E-state index is 12.9. The summed E-state index contributed by atoms with van der Waals surface area (Å²) in [6, 6.07) is 10.3. The second kappa shape index (κ2) is 7.55. The van der Waals surface area contributed by atoms with E-state index in [0.717, 1.165) is 24.1 Å². The van der Waals surface area contributed by atoms with Gasteiger partial charge in [-0.3, -0.25) is 9.59 Å². The average molecular weight is 366 g/mol. The van der Waals surface area contributed by atoms with Crippen molar-refractivity contribution in [1.82, 2.24) is 19.6 Å². The number of likely N-dealkylation sites (tertiary alicyclic amines) is 1. The third-order valence-corrected chi connectivity index (χ3v) is 5.73. The van der Waals surface area contributed by atoms with Gasteiger partial charge in [-0.15, -0.1) is 0 Å². The monoisotopic (exact) mass is 366 g/mol. The largest absolute Gasteiger partial charge is 0.341 e. The molecule has 1 aliphatic carbocycles. The Bertz CT molecular complexity index is 811. The lowest BCUT2D eigenvalue weighted by Crippen LogP contribution is -2.37. The summed E-state index contributed by atoms with van der Waals surface area (Å²) in [6.45, 7) is 1.08. The second-order valence-electron chi connectivity index (χ2n) is 7.71. The van der Waals surface area contributed by atoms with Crippen molar-refractivity contribution in [3.05, 3.63) is 48.3 Å². The summed E-state index contributed by atoms with van der Waals surface area (Å²) in [4.78, 5) is 28.9. The molecule has 1 unspecified atom stereocenters. The average Bonchev–Trinajstić information content (AvgIpc) is 3.42. The van der Waals surface area contributed by atoms with Gasteiger partial charge >= 0.3 is 0 Å². The van der Waals surface area contributed by atoms with Crippen molar-refractivity contribution in [3.8, 4) is 5.69 Å². The number of carbonyl (C=O) groups is 2. The van der Waals surface area contributed by atoms with E-state index in [1.54, 1.807) is 11.1 Å². The molecule has 2 amide bonds. The van der Waals surface area contributed by atoms with Crippen LogP contribution in [0.25, 0.3) is 5.69 Å². The summed E-state index contributed by atoms with van der Waals surface area (Å²) in [5.41, 5.74) is 1.97. The molecule has 1 aromatic heterocycles. The van der Waals surface area contributed by atoms with Gasteiger partial charge in [0.25, 0.3) is 0 Å². The molecule has 2 fully saturated rings. The van der Waals surface area contributed by atoms with Crippen LogP contribution in [0.4, 0.5) is 0 Å². The molecule has 4 rings (SSSR count). The Balaban J connectivity index is 1.37. The zero-order valence-corrected chi connectivity index (χ0v) is 15.8. The zero-order valence-electron chi connectivity index (χ0n) is 15.8. The van der Waals surface area contributed by atoms with Crippen LogP contribution in [0.3, 0.4) is 0 Å². The quantitative estimate of drug-likeness (QED) is 0.817. The van der Waals surface area contributed by atoms with Gasteiger partial charge in [0.2, 0.25) is 11.8 Å². The normalized spacial score (nSPS) is 20.4. The fraction of sp³-hybridized carbons (Fsp3) is 0.476. The molecule has 0 bridgehead atoms. The van der Waals surface area contributed by atoms with E-state index in [2.05, 4.69) is 5.10 Å². The summed E-state index contributed by atoms with van der Waals surface area (Å²) in [5, 5.41) is 4.39. The number of aromatic nitrogens is 2. The Kier molecular flexibility index (Phi) is 4.97. The van der Waals surface area contributed by atoms with E-state index in [4.69, 9.17) is 0 Å². The van der Waals surface area contributed by atoms with E-state index in [-0.39, 0.29) is 17.7 Å². The third-order valence-electron chi connectivity index (χ3n) is 5.73. The minimum Gasteiger partial charge on any atom is -0.341 e. The van der Waals surface area contributed by atoms with Crippen LogP contribution in [0.2, 0.25) is 0 Å². The number of hydrogen-bond donors (Lipinski definition) is 0. The van der Waals surface area contributed by atoms with E-state index >= 15 is 0 Å². The second-order valence-corrected chi connectivity index (χ2v) is 7.71. The first-order valence-electron chi connectivity index (χ1n) is 9.75. The van der Waals surface area contributed by atoms with E-state index in [1.807, 2.05) is 53.2 Å². The summed E-state index contributed by atoms with van der Waals surface area (Å²) in [6.07, 6.45) is 8.65. The highest BCUT2D eigenvalue weighted by molar-refractivity contribution is 5.89. The molecule has 27 heavy (non-hydrogen) atoms. The van der Waals surface area contributed by atoms with Gasteiger partial charge in [0.05, 0.1) is 17.8 Å². The van der Waals surface area contributed by atoms with Gasteiger partial charge in [0.1, 0.15) is 0 Å². The number of carbonyl (C=O) groups excluding carboxylic acids is 2. The number of hydrogen-bond acceptors (Lipinski definition) is 3. The Hall–Kier alpha value is -2.63. The predicted molar refractivity (Wildman–Crippen MR) is 102 cm³/mol. The van der Waals surface area contributed by atoms with Crippen LogP contribution in [0.15, 0.2) is 42.7 Å². The first-order valence-corrected chi connectivity index (χ1v) is 9.75. The molecule has 2 aromatic rings. The molecule has 142 valence electrons. The first-order chi connectivity index (χ1) is 13.1. The molecule has 1 aromatic carbocycles. The standard InChI is InChI=1S/C21H26N4O2/c1-23(13-16-12-22-25(14-16)19-9-3-2-4-10-19)21(27)17-11-20(26)24(15-17)18-7-5-6-8-18/h2-4,9-10,12,14,17-18H,5-8,11,13,15H2,1H3. The lowest BCUT2D eigenvalue weighted by Gasteiger charge is -2.25. The van der Waals surface area contributed by atoms with Crippen LogP contribution in [0.1, 0.15) is 37.7 Å². The molecule has 2 aliphatic rings. The topological polar surface area (TPSA) is 58.4 Å². The molecule has 1 saturated carbocycles. The smallest absolute Gasteiger partial charge is 0.228 e. The Morgan fingerprint density at radius 3 is 2.70 bits per heavy atom. The third kappa shape index (κ3) is 3.75. The number of para-hydroxylation sites is 1. The van der Waals surface area contributed by atoms with Crippen molar-refractivity contribution in [2.75, 3.05) is 13.6 Å². The summed E-state index contributed by atoms with van der Waals surface area (Å²) in [7, 11) is 1.81. The minimum atomic E-state index is -0.215. The van der Waals surface area contributed by atoms with Crippen LogP contribution in [-0.4, -0.2) is 51.0 Å². The van der Waals surface area contributed by atoms with Gasteiger partial charge in [-0.25, -0.2) is 4.68 Å². The highest BCUT2D eigenvalue weighted by Gasteiger charge is 2.39. The lowest BCUT2D eigenvalue weighted by atomic mass is 10.1. The van der Waals surface area contributed by atoms with Crippen LogP contribution in [0.5, 0.6) is 0 Å². The van der Waals surface area contributed by atoms with Gasteiger partial charge < -0.3 is 9.80 Å². The number of nitrogens with zero attached hydrogens (tertiary/aromatic N) is 4. The Labute approximate surface area is 159 Å². The number of amides is 2. The van der Waals surface area contributed by atoms with Gasteiger partial charge in [-0.1, -0.05) is 31.0 Å². The fourth-order valence-corrected chi connectivity index (χ4v) is 4.29. The molecule has 1 aliphatic heterocycles. The number of benzene rings is 1. The molecule has 6 nitrogen and oxygen atoms in total. The Morgan fingerprint density at radius 2 is 1.96 bits per heavy atom. The highest BCUT2D eigenvalue weighted by atomic mass is 16.2. The molecule has 2 heterocycles. The van der Waals surface area contributed by atoms with E-state index in [1.165, 1.54) is 12.8 Å². The van der Waals surface area contributed by atoms with E-state index < -0.39 is 0 Å². The molecule has 6 heteroatoms. The highest BCUT2D eigenvalue weighted by Crippen LogP contribution is 2.30. The van der Waals surface area contributed by atoms with Crippen molar-refractivity contribution in [2.45, 2.75) is 44.7 Å². The summed E-state index contributed by atoms with van der Waals surface area (Å²) >= 11 is 0. The first kappa shape index (κ1) is 17.8. The molecule has 0 spiro atoms. The summed E-state index contributed by atoms with van der Waals surface area (Å²) < 4.78 is 1.81. The van der Waals surface area contributed by atoms with Gasteiger partial charge in [-0.05, 0) is 25.0 Å². The number of rotatable bonds is 5. The van der Waals surface area contributed by atoms with Crippen LogP contribution in [0, 0.1) is 5.92 Å². The van der Waals surface area contributed by atoms with Crippen molar-refractivity contribution in [1.29, 1.82) is 0 Å². The van der Waals surface area contributed by atoms with E-state index in [9.17, 15) is 9.59 Å². The van der Waals surface area contributed by atoms with Crippen LogP contribution in [-0.2, 0) is 16.1 Å². The zero-order chi connectivity index (χ0) is 18.8. The molecule has 0 radical (unpaired) electrons. The molecular formula is C21H26N4O2. The van der Waals surface area contributed by atoms with Crippen molar-refractivity contribution in [3.63, 3.8) is 0 Å². The fourth-order valence-electron chi connectivity index (χ4n) is 4.29. The minimum absolute atomic E-state index is 0.0521. The maximum Gasteiger partial charge on any atom is 0.228 e. The van der Waals surface area contributed by atoms with Gasteiger partial charge in [-0.2, -0.15) is 5.10 Å². The van der Waals surface area contributed by atoms with E-state index in [0.29, 0.717) is 25.6 Å². The van der Waals surface area contributed by atoms with Crippen LogP contribution < -0.4 is 0 Å². The molecule has 1 atom stereocenters. The van der Waals surface area contributed by atoms with Crippen molar-refractivity contribution >= 4 is 11.8 Å². The molecule has 1 saturated heterocycles. The van der Waals surface area contributed by atoms with Crippen molar-refractivity contribution < 1.29 is 9.59 Å². The lowest BCUT2D eigenvalue weighted by molar-refractivity contribution is -0.135. The van der Waals surface area contributed by atoms with Gasteiger partial charge in [0.15, 0.2) is 0 Å². The van der Waals surface area contributed by atoms with Crippen LogP contribution >= 0.6 is 0 Å². The maximum atomic E-state index is 12.9.